The first-order valence-electron chi connectivity index (χ1n) is 4.56. The molecule has 1 aromatic rings. The Morgan fingerprint density at radius 2 is 1.93 bits per heavy atom. The first-order valence-corrected chi connectivity index (χ1v) is 6.43. The van der Waals surface area contributed by atoms with E-state index in [-0.39, 0.29) is 6.61 Å². The third-order valence-electron chi connectivity index (χ3n) is 1.71. The molecule has 0 saturated heterocycles. The van der Waals surface area contributed by atoms with E-state index in [0.29, 0.717) is 28.9 Å². The third kappa shape index (κ3) is 5.16. The number of halogens is 1. The molecule has 0 fully saturated rings. The summed E-state index contributed by atoms with van der Waals surface area (Å²) in [6, 6.07) is 7.00. The molecular formula is C10H13ClO3S. The molecule has 0 aromatic heterocycles. The van der Waals surface area contributed by atoms with Crippen LogP contribution in [0.1, 0.15) is 0 Å². The number of hydrogen-bond acceptors (Lipinski definition) is 3. The summed E-state index contributed by atoms with van der Waals surface area (Å²) in [4.78, 5) is 0. The van der Waals surface area contributed by atoms with Gasteiger partial charge in [-0.05, 0) is 24.3 Å². The fourth-order valence-electron chi connectivity index (χ4n) is 0.987. The summed E-state index contributed by atoms with van der Waals surface area (Å²) in [6.07, 6.45) is 0. The highest BCUT2D eigenvalue weighted by Gasteiger charge is 1.99. The van der Waals surface area contributed by atoms with E-state index in [1.807, 2.05) is 0 Å². The van der Waals surface area contributed by atoms with Gasteiger partial charge in [-0.2, -0.15) is 0 Å². The molecule has 1 aromatic carbocycles. The molecular weight excluding hydrogens is 236 g/mol. The van der Waals surface area contributed by atoms with Gasteiger partial charge in [0.1, 0.15) is 5.75 Å². The third-order valence-corrected chi connectivity index (χ3v) is 3.22. The minimum Gasteiger partial charge on any atom is -0.493 e. The predicted molar refractivity (Wildman–Crippen MR) is 61.9 cm³/mol. The van der Waals surface area contributed by atoms with Crippen molar-refractivity contribution < 1.29 is 14.1 Å². The Balaban J connectivity index is 2.26. The van der Waals surface area contributed by atoms with E-state index in [1.54, 1.807) is 24.3 Å². The second-order valence-corrected chi connectivity index (χ2v) is 5.01. The van der Waals surface area contributed by atoms with E-state index in [2.05, 4.69) is 0 Å². The summed E-state index contributed by atoms with van der Waals surface area (Å²) >= 11 is 5.71. The maximum Gasteiger partial charge on any atom is 0.119 e. The quantitative estimate of drug-likeness (QED) is 0.829. The summed E-state index contributed by atoms with van der Waals surface area (Å²) in [5.41, 5.74) is 0. The summed E-state index contributed by atoms with van der Waals surface area (Å²) in [7, 11) is -0.999. The largest absolute Gasteiger partial charge is 0.493 e. The van der Waals surface area contributed by atoms with Crippen LogP contribution in [-0.2, 0) is 10.8 Å². The second-order valence-electron chi connectivity index (χ2n) is 2.87. The Morgan fingerprint density at radius 3 is 2.53 bits per heavy atom. The first kappa shape index (κ1) is 12.5. The molecule has 0 saturated carbocycles. The Morgan fingerprint density at radius 1 is 1.27 bits per heavy atom. The fraction of sp³-hybridized carbons (Fsp3) is 0.400. The number of ether oxygens (including phenoxy) is 1. The summed E-state index contributed by atoms with van der Waals surface area (Å²) in [6.45, 7) is 0.335. The van der Waals surface area contributed by atoms with E-state index < -0.39 is 10.8 Å². The lowest BCUT2D eigenvalue weighted by Gasteiger charge is -2.05. The van der Waals surface area contributed by atoms with Gasteiger partial charge >= 0.3 is 0 Å². The summed E-state index contributed by atoms with van der Waals surface area (Å²) < 4.78 is 16.5. The van der Waals surface area contributed by atoms with Crippen LogP contribution in [-0.4, -0.2) is 34.0 Å². The summed E-state index contributed by atoms with van der Waals surface area (Å²) in [5.74, 6) is 1.45. The van der Waals surface area contributed by atoms with Crippen LogP contribution >= 0.6 is 11.6 Å². The van der Waals surface area contributed by atoms with Crippen LogP contribution < -0.4 is 4.74 Å². The lowest BCUT2D eigenvalue weighted by atomic mass is 10.3. The van der Waals surface area contributed by atoms with Crippen LogP contribution in [0.2, 0.25) is 5.02 Å². The van der Waals surface area contributed by atoms with E-state index in [1.165, 1.54) is 0 Å². The summed E-state index contributed by atoms with van der Waals surface area (Å²) in [5, 5.41) is 9.19. The number of hydrogen-bond donors (Lipinski definition) is 1. The van der Waals surface area contributed by atoms with Crippen molar-refractivity contribution in [1.29, 1.82) is 0 Å². The van der Waals surface area contributed by atoms with Crippen molar-refractivity contribution in [3.63, 3.8) is 0 Å². The second kappa shape index (κ2) is 6.82. The van der Waals surface area contributed by atoms with Gasteiger partial charge in [0.05, 0.1) is 19.0 Å². The van der Waals surface area contributed by atoms with Crippen molar-refractivity contribution in [3.8, 4) is 5.75 Å². The molecule has 0 bridgehead atoms. The van der Waals surface area contributed by atoms with Crippen LogP contribution in [0.25, 0.3) is 0 Å². The fourth-order valence-corrected chi connectivity index (χ4v) is 1.79. The average molecular weight is 249 g/mol. The van der Waals surface area contributed by atoms with Crippen molar-refractivity contribution in [2.45, 2.75) is 0 Å². The minimum atomic E-state index is -0.999. The van der Waals surface area contributed by atoms with Gasteiger partial charge < -0.3 is 9.84 Å². The number of benzene rings is 1. The van der Waals surface area contributed by atoms with Crippen LogP contribution in [0.3, 0.4) is 0 Å². The molecule has 1 atom stereocenters. The van der Waals surface area contributed by atoms with E-state index in [9.17, 15) is 4.21 Å². The maximum absolute atomic E-state index is 11.1. The van der Waals surface area contributed by atoms with Crippen molar-refractivity contribution in [1.82, 2.24) is 0 Å². The Hall–Kier alpha value is -0.580. The topological polar surface area (TPSA) is 46.5 Å². The van der Waals surface area contributed by atoms with Gasteiger partial charge in [-0.3, -0.25) is 4.21 Å². The van der Waals surface area contributed by atoms with Crippen molar-refractivity contribution in [2.75, 3.05) is 24.7 Å². The molecule has 1 unspecified atom stereocenters. The normalized spacial score (nSPS) is 12.4. The molecule has 1 N–H and O–H groups in total. The molecule has 3 nitrogen and oxygen atoms in total. The number of aliphatic hydroxyl groups excluding tert-OH is 1. The zero-order chi connectivity index (χ0) is 11.1. The lowest BCUT2D eigenvalue weighted by Crippen LogP contribution is -2.12. The number of aliphatic hydroxyl groups is 1. The zero-order valence-corrected chi connectivity index (χ0v) is 9.76. The molecule has 0 aliphatic rings. The van der Waals surface area contributed by atoms with Gasteiger partial charge in [-0.25, -0.2) is 0 Å². The van der Waals surface area contributed by atoms with E-state index in [0.717, 1.165) is 0 Å². The SMILES string of the molecule is O=S(CCO)CCOc1ccc(Cl)cc1. The Labute approximate surface area is 96.5 Å². The van der Waals surface area contributed by atoms with Crippen LogP contribution in [0.5, 0.6) is 5.75 Å². The molecule has 5 heteroatoms. The van der Waals surface area contributed by atoms with Gasteiger partial charge in [-0.1, -0.05) is 11.6 Å². The van der Waals surface area contributed by atoms with Crippen molar-refractivity contribution in [2.24, 2.45) is 0 Å². The minimum absolute atomic E-state index is 0.0481. The molecule has 0 aliphatic carbocycles. The number of rotatable bonds is 6. The highest BCUT2D eigenvalue weighted by Crippen LogP contribution is 2.15. The van der Waals surface area contributed by atoms with Crippen LogP contribution in [0.15, 0.2) is 24.3 Å². The smallest absolute Gasteiger partial charge is 0.119 e. The van der Waals surface area contributed by atoms with Gasteiger partial charge in [-0.15, -0.1) is 0 Å². The lowest BCUT2D eigenvalue weighted by molar-refractivity contribution is 0.320. The standard InChI is InChI=1S/C10H13ClO3S/c11-9-1-3-10(4-2-9)14-6-8-15(13)7-5-12/h1-4,12H,5-8H2. The molecule has 15 heavy (non-hydrogen) atoms. The van der Waals surface area contributed by atoms with Gasteiger partial charge in [0.15, 0.2) is 0 Å². The Kier molecular flexibility index (Phi) is 5.68. The average Bonchev–Trinajstić information content (AvgIpc) is 2.21. The maximum atomic E-state index is 11.1. The molecule has 1 rings (SSSR count). The van der Waals surface area contributed by atoms with Crippen molar-refractivity contribution in [3.05, 3.63) is 29.3 Å². The van der Waals surface area contributed by atoms with Gasteiger partial charge in [0.2, 0.25) is 0 Å². The van der Waals surface area contributed by atoms with Gasteiger partial charge in [0, 0.05) is 21.6 Å². The highest BCUT2D eigenvalue weighted by molar-refractivity contribution is 7.85. The molecule has 0 spiro atoms. The monoisotopic (exact) mass is 248 g/mol. The van der Waals surface area contributed by atoms with Gasteiger partial charge in [0.25, 0.3) is 0 Å². The molecule has 0 heterocycles. The molecule has 0 amide bonds. The van der Waals surface area contributed by atoms with E-state index >= 15 is 0 Å². The van der Waals surface area contributed by atoms with Crippen molar-refractivity contribution >= 4 is 22.4 Å². The Bertz CT molecular complexity index is 313. The highest BCUT2D eigenvalue weighted by atomic mass is 35.5. The molecule has 84 valence electrons. The molecule has 0 radical (unpaired) electrons. The first-order chi connectivity index (χ1) is 7.22. The predicted octanol–water partition coefficient (Wildman–Crippen LogP) is 1.46. The molecule has 0 aliphatic heterocycles. The van der Waals surface area contributed by atoms with E-state index in [4.69, 9.17) is 21.4 Å². The zero-order valence-electron chi connectivity index (χ0n) is 8.19. The van der Waals surface area contributed by atoms with Crippen LogP contribution in [0, 0.1) is 0 Å². The van der Waals surface area contributed by atoms with Crippen LogP contribution in [0.4, 0.5) is 0 Å².